The predicted molar refractivity (Wildman–Crippen MR) is 97.8 cm³/mol. The molecule has 5 nitrogen and oxygen atoms in total. The second kappa shape index (κ2) is 5.64. The van der Waals surface area contributed by atoms with Crippen LogP contribution < -0.4 is 11.3 Å². The number of aromatic nitrogens is 2. The third kappa shape index (κ3) is 2.33. The lowest BCUT2D eigenvalue weighted by Crippen LogP contribution is -2.31. The fourth-order valence-electron chi connectivity index (χ4n) is 3.33. The summed E-state index contributed by atoms with van der Waals surface area (Å²) in [6.45, 7) is 0. The molecule has 0 bridgehead atoms. The maximum atomic E-state index is 13.9. The quantitative estimate of drug-likeness (QED) is 0.769. The molecule has 2 N–H and O–H groups in total. The van der Waals surface area contributed by atoms with E-state index in [-0.39, 0.29) is 12.0 Å². The van der Waals surface area contributed by atoms with Crippen LogP contribution in [0.4, 0.5) is 4.39 Å². The lowest BCUT2D eigenvalue weighted by Gasteiger charge is -2.13. The van der Waals surface area contributed by atoms with E-state index in [9.17, 15) is 14.0 Å². The van der Waals surface area contributed by atoms with Crippen LogP contribution in [0.25, 0.3) is 22.0 Å². The Morgan fingerprint density at radius 3 is 2.77 bits per heavy atom. The fourth-order valence-corrected chi connectivity index (χ4v) is 3.60. The Bertz CT molecular complexity index is 1130. The van der Waals surface area contributed by atoms with Crippen molar-refractivity contribution in [3.63, 3.8) is 0 Å². The molecule has 7 heteroatoms. The van der Waals surface area contributed by atoms with Gasteiger partial charge in [0.05, 0.1) is 16.4 Å². The van der Waals surface area contributed by atoms with E-state index in [1.165, 1.54) is 16.8 Å². The lowest BCUT2D eigenvalue weighted by molar-refractivity contribution is -0.120. The third-order valence-electron chi connectivity index (χ3n) is 5.04. The number of hydrogen-bond donors (Lipinski definition) is 1. The van der Waals surface area contributed by atoms with Crippen LogP contribution in [0.15, 0.2) is 47.4 Å². The first-order chi connectivity index (χ1) is 12.3. The zero-order valence-corrected chi connectivity index (χ0v) is 14.6. The molecular formula is C19H15ClFN3O2. The number of nitrogens with two attached hydrogens (primary N) is 1. The van der Waals surface area contributed by atoms with Crippen molar-refractivity contribution in [2.24, 2.45) is 12.8 Å². The smallest absolute Gasteiger partial charge is 0.250 e. The summed E-state index contributed by atoms with van der Waals surface area (Å²) in [6, 6.07) is 10.2. The number of fused-ring (bicyclic) bond motifs is 1. The number of primary amides is 1. The summed E-state index contributed by atoms with van der Waals surface area (Å²) in [6.07, 6.45) is 0.247. The maximum absolute atomic E-state index is 13.9. The van der Waals surface area contributed by atoms with Crippen LogP contribution in [0, 0.1) is 0 Å². The largest absolute Gasteiger partial charge is 0.369 e. The maximum Gasteiger partial charge on any atom is 0.250 e. The van der Waals surface area contributed by atoms with E-state index in [1.54, 1.807) is 25.2 Å². The molecule has 3 aromatic rings. The van der Waals surface area contributed by atoms with Gasteiger partial charge in [0.2, 0.25) is 5.91 Å². The molecule has 1 aliphatic carbocycles. The van der Waals surface area contributed by atoms with E-state index in [1.807, 2.05) is 12.1 Å². The fraction of sp³-hybridized carbons (Fsp3) is 0.211. The normalized spacial score (nSPS) is 21.7. The second-order valence-corrected chi connectivity index (χ2v) is 6.97. The van der Waals surface area contributed by atoms with Gasteiger partial charge in [0.15, 0.2) is 0 Å². The Morgan fingerprint density at radius 1 is 1.38 bits per heavy atom. The zero-order valence-electron chi connectivity index (χ0n) is 13.9. The summed E-state index contributed by atoms with van der Waals surface area (Å²) in [4.78, 5) is 27.9. The van der Waals surface area contributed by atoms with Crippen LogP contribution in [0.1, 0.15) is 12.1 Å². The summed E-state index contributed by atoms with van der Waals surface area (Å²) >= 11 is 6.38. The number of hydrogen-bond acceptors (Lipinski definition) is 3. The highest BCUT2D eigenvalue weighted by molar-refractivity contribution is 6.35. The third-order valence-corrected chi connectivity index (χ3v) is 5.35. The van der Waals surface area contributed by atoms with Crippen molar-refractivity contribution in [2.45, 2.75) is 18.0 Å². The highest BCUT2D eigenvalue weighted by atomic mass is 35.5. The van der Waals surface area contributed by atoms with Gasteiger partial charge >= 0.3 is 0 Å². The minimum atomic E-state index is -1.35. The monoisotopic (exact) mass is 371 g/mol. The summed E-state index contributed by atoms with van der Waals surface area (Å²) < 4.78 is 15.4. The number of carbonyl (C=O) groups excluding carboxylic acids is 1. The molecule has 2 heterocycles. The van der Waals surface area contributed by atoms with Gasteiger partial charge in [-0.05, 0) is 29.7 Å². The Morgan fingerprint density at radius 2 is 2.12 bits per heavy atom. The van der Waals surface area contributed by atoms with Crippen molar-refractivity contribution < 1.29 is 9.18 Å². The van der Waals surface area contributed by atoms with E-state index < -0.39 is 17.5 Å². The molecule has 2 unspecified atom stereocenters. The molecule has 1 fully saturated rings. The van der Waals surface area contributed by atoms with Crippen molar-refractivity contribution >= 4 is 28.3 Å². The molecule has 1 aromatic carbocycles. The van der Waals surface area contributed by atoms with Gasteiger partial charge in [-0.1, -0.05) is 17.7 Å². The summed E-state index contributed by atoms with van der Waals surface area (Å²) in [7, 11) is 1.67. The molecular weight excluding hydrogens is 357 g/mol. The molecule has 0 spiro atoms. The van der Waals surface area contributed by atoms with Crippen LogP contribution >= 0.6 is 11.6 Å². The van der Waals surface area contributed by atoms with E-state index >= 15 is 0 Å². The van der Waals surface area contributed by atoms with Gasteiger partial charge in [-0.25, -0.2) is 4.39 Å². The van der Waals surface area contributed by atoms with E-state index in [2.05, 4.69) is 4.98 Å². The molecule has 26 heavy (non-hydrogen) atoms. The van der Waals surface area contributed by atoms with Crippen LogP contribution in [0.5, 0.6) is 0 Å². The number of pyridine rings is 2. The molecule has 2 aromatic heterocycles. The number of amides is 1. The first kappa shape index (κ1) is 16.7. The first-order valence-electron chi connectivity index (χ1n) is 8.05. The molecule has 4 rings (SSSR count). The van der Waals surface area contributed by atoms with Crippen molar-refractivity contribution in [1.29, 1.82) is 0 Å². The molecule has 0 radical (unpaired) electrons. The Balaban J connectivity index is 1.92. The minimum Gasteiger partial charge on any atom is -0.369 e. The van der Waals surface area contributed by atoms with Crippen molar-refractivity contribution in [3.8, 4) is 11.3 Å². The van der Waals surface area contributed by atoms with Crippen molar-refractivity contribution in [2.75, 3.05) is 0 Å². The number of benzene rings is 1. The van der Waals surface area contributed by atoms with Crippen molar-refractivity contribution in [3.05, 3.63) is 63.7 Å². The topological polar surface area (TPSA) is 78.0 Å². The van der Waals surface area contributed by atoms with Gasteiger partial charge < -0.3 is 10.3 Å². The van der Waals surface area contributed by atoms with Crippen LogP contribution in [0.3, 0.4) is 0 Å². The SMILES string of the molecule is Cn1c(-c2cc(Cl)c3cnc(C4(C(N)=O)CC4F)cc3c2)cccc1=O. The number of alkyl halides is 1. The Hall–Kier alpha value is -2.73. The predicted octanol–water partition coefficient (Wildman–Crippen LogP) is 2.72. The molecule has 1 saturated carbocycles. The number of nitrogens with zero attached hydrogens (tertiary/aromatic N) is 2. The molecule has 1 amide bonds. The second-order valence-electron chi connectivity index (χ2n) is 6.56. The average Bonchev–Trinajstić information content (AvgIpc) is 3.29. The van der Waals surface area contributed by atoms with Gasteiger partial charge in [-0.2, -0.15) is 0 Å². The number of halogens is 2. The van der Waals surface area contributed by atoms with Crippen molar-refractivity contribution in [1.82, 2.24) is 9.55 Å². The molecule has 0 aliphatic heterocycles. The van der Waals surface area contributed by atoms with Gasteiger partial charge in [-0.15, -0.1) is 0 Å². The Labute approximate surface area is 153 Å². The highest BCUT2D eigenvalue weighted by Crippen LogP contribution is 2.50. The lowest BCUT2D eigenvalue weighted by atomic mass is 9.97. The highest BCUT2D eigenvalue weighted by Gasteiger charge is 2.62. The van der Waals surface area contributed by atoms with E-state index in [0.29, 0.717) is 27.2 Å². The molecule has 132 valence electrons. The summed E-state index contributed by atoms with van der Waals surface area (Å²) in [5.41, 5.74) is 5.65. The summed E-state index contributed by atoms with van der Waals surface area (Å²) in [5, 5.41) is 1.83. The molecule has 0 saturated heterocycles. The summed E-state index contributed by atoms with van der Waals surface area (Å²) in [5.74, 6) is -0.718. The van der Waals surface area contributed by atoms with Crippen LogP contribution in [-0.2, 0) is 17.3 Å². The van der Waals surface area contributed by atoms with Gasteiger partial charge in [0.25, 0.3) is 5.56 Å². The number of carbonyl (C=O) groups is 1. The van der Waals surface area contributed by atoms with E-state index in [0.717, 1.165) is 5.56 Å². The van der Waals surface area contributed by atoms with Crippen LogP contribution in [0.2, 0.25) is 5.02 Å². The van der Waals surface area contributed by atoms with Crippen LogP contribution in [-0.4, -0.2) is 21.6 Å². The zero-order chi connectivity index (χ0) is 18.6. The van der Waals surface area contributed by atoms with Gasteiger partial charge in [0.1, 0.15) is 11.6 Å². The Kier molecular flexibility index (Phi) is 3.63. The minimum absolute atomic E-state index is 0.0431. The average molecular weight is 372 g/mol. The van der Waals surface area contributed by atoms with E-state index in [4.69, 9.17) is 17.3 Å². The first-order valence-corrected chi connectivity index (χ1v) is 8.42. The standard InChI is InChI=1S/C19H15ClFN3O2/c1-24-14(3-2-4-17(24)25)11-5-10-7-16(19(18(22)26)8-15(19)21)23-9-12(10)13(20)6-11/h2-7,9,15H,8H2,1H3,(H2,22,26). The molecule has 1 aliphatic rings. The van der Waals surface area contributed by atoms with Gasteiger partial charge in [0, 0.05) is 36.7 Å². The van der Waals surface area contributed by atoms with Gasteiger partial charge in [-0.3, -0.25) is 14.6 Å². The molecule has 2 atom stereocenters. The number of rotatable bonds is 3.